The quantitative estimate of drug-likeness (QED) is 0.177. The second kappa shape index (κ2) is 13.5. The summed E-state index contributed by atoms with van der Waals surface area (Å²) in [6.07, 6.45) is 1.49. The maximum Gasteiger partial charge on any atom is 0.331 e. The fraction of sp³-hybridized carbons (Fsp3) is 0.265. The summed E-state index contributed by atoms with van der Waals surface area (Å²) in [5, 5.41) is 3.03. The van der Waals surface area contributed by atoms with Gasteiger partial charge in [-0.15, -0.1) is 0 Å². The van der Waals surface area contributed by atoms with Crippen molar-refractivity contribution in [3.8, 4) is 23.0 Å². The lowest BCUT2D eigenvalue weighted by Gasteiger charge is -2.37. The highest BCUT2D eigenvalue weighted by molar-refractivity contribution is 6.23. The van der Waals surface area contributed by atoms with Crippen molar-refractivity contribution >= 4 is 46.1 Å². The summed E-state index contributed by atoms with van der Waals surface area (Å²) in [4.78, 5) is 58.9. The third-order valence-electron chi connectivity index (χ3n) is 7.15. The number of rotatable bonds is 9. The average molecular weight is 663 g/mol. The molecule has 3 aromatic carbocycles. The number of methoxy groups -OCH3 is 2. The molecule has 1 aromatic heterocycles. The maximum absolute atomic E-state index is 15.3. The first-order valence-electron chi connectivity index (χ1n) is 14.7. The zero-order valence-electron chi connectivity index (χ0n) is 26.7. The van der Waals surface area contributed by atoms with E-state index in [2.05, 4.69) is 10.3 Å². The first-order valence-corrected chi connectivity index (χ1v) is 14.7. The molecule has 14 heteroatoms. The van der Waals surface area contributed by atoms with Gasteiger partial charge in [0, 0.05) is 35.9 Å². The Morgan fingerprint density at radius 1 is 0.917 bits per heavy atom. The number of carbonyl (C=O) groups excluding carboxylic acids is 4. The predicted octanol–water partition coefficient (Wildman–Crippen LogP) is 5.69. The summed E-state index contributed by atoms with van der Waals surface area (Å²) in [6, 6.07) is 12.1. The van der Waals surface area contributed by atoms with Gasteiger partial charge in [0.05, 0.1) is 25.4 Å². The first-order chi connectivity index (χ1) is 22.8. The first kappa shape index (κ1) is 33.6. The smallest absolute Gasteiger partial charge is 0.331 e. The molecule has 12 nitrogen and oxygen atoms in total. The fourth-order valence-electron chi connectivity index (χ4n) is 5.00. The van der Waals surface area contributed by atoms with Crippen LogP contribution in [-0.4, -0.2) is 66.6 Å². The summed E-state index contributed by atoms with van der Waals surface area (Å²) in [5.74, 6) is -4.52. The lowest BCUT2D eigenvalue weighted by Crippen LogP contribution is -2.60. The molecule has 0 saturated carbocycles. The van der Waals surface area contributed by atoms with Gasteiger partial charge in [-0.3, -0.25) is 19.4 Å². The number of benzene rings is 3. The van der Waals surface area contributed by atoms with Gasteiger partial charge in [0.25, 0.3) is 0 Å². The number of fused-ring (bicyclic) bond motifs is 1. The largest absolute Gasteiger partial charge is 0.493 e. The Bertz CT molecular complexity index is 1900. The molecule has 4 amide bonds. The predicted molar refractivity (Wildman–Crippen MR) is 170 cm³/mol. The number of amides is 4. The van der Waals surface area contributed by atoms with Gasteiger partial charge in [-0.05, 0) is 69.3 Å². The topological polar surface area (TPSA) is 137 Å². The van der Waals surface area contributed by atoms with Crippen molar-refractivity contribution in [1.82, 2.24) is 9.88 Å². The minimum atomic E-state index is -1.51. The molecule has 0 aliphatic carbocycles. The number of carbonyl (C=O) groups is 4. The van der Waals surface area contributed by atoms with Crippen LogP contribution >= 0.6 is 0 Å². The number of nitrogens with zero attached hydrogens (tertiary/aromatic N) is 3. The van der Waals surface area contributed by atoms with E-state index in [1.54, 1.807) is 39.0 Å². The molecule has 2 heterocycles. The van der Waals surface area contributed by atoms with Crippen LogP contribution in [0.5, 0.6) is 23.0 Å². The zero-order valence-corrected chi connectivity index (χ0v) is 26.7. The summed E-state index contributed by atoms with van der Waals surface area (Å²) in [5.41, 5.74) is -0.359. The normalized spacial score (nSPS) is 14.9. The average Bonchev–Trinajstić information content (AvgIpc) is 3.03. The number of hydrogen-bond donors (Lipinski definition) is 1. The third-order valence-corrected chi connectivity index (χ3v) is 7.15. The number of halogens is 2. The standard InChI is InChI=1S/C34H32F2N4O8/c1-34(2,3)48-30(41)18-39-17-23(32(43)40(33(39)44)21-9-6-19(35)7-10-21)31(42)38-20-8-11-27(24(36)14-20)47-26-12-13-37-25-16-29(46-5)28(45-4)15-22(25)26/h6-16,23H,17-18H2,1-5H3,(H,38,42). The van der Waals surface area contributed by atoms with E-state index in [-0.39, 0.29) is 22.9 Å². The van der Waals surface area contributed by atoms with E-state index in [0.717, 1.165) is 23.1 Å². The van der Waals surface area contributed by atoms with Crippen LogP contribution in [0.2, 0.25) is 0 Å². The van der Waals surface area contributed by atoms with Gasteiger partial charge in [-0.2, -0.15) is 0 Å². The Morgan fingerprint density at radius 3 is 2.25 bits per heavy atom. The number of urea groups is 1. The number of hydrogen-bond acceptors (Lipinski definition) is 9. The molecular weight excluding hydrogens is 630 g/mol. The Balaban J connectivity index is 1.37. The van der Waals surface area contributed by atoms with Crippen LogP contribution in [0.15, 0.2) is 66.9 Å². The van der Waals surface area contributed by atoms with Gasteiger partial charge in [0.1, 0.15) is 29.6 Å². The van der Waals surface area contributed by atoms with Gasteiger partial charge in [-0.1, -0.05) is 0 Å². The maximum atomic E-state index is 15.3. The Labute approximate surface area is 274 Å². The molecule has 1 saturated heterocycles. The molecule has 1 aliphatic rings. The molecule has 1 atom stereocenters. The molecule has 1 N–H and O–H groups in total. The highest BCUT2D eigenvalue weighted by Gasteiger charge is 2.44. The van der Waals surface area contributed by atoms with E-state index in [9.17, 15) is 23.6 Å². The summed E-state index contributed by atoms with van der Waals surface area (Å²) in [7, 11) is 2.97. The van der Waals surface area contributed by atoms with E-state index < -0.39 is 60.1 Å². The molecule has 0 spiro atoms. The van der Waals surface area contributed by atoms with Gasteiger partial charge in [-0.25, -0.2) is 18.5 Å². The number of esters is 1. The minimum absolute atomic E-state index is 0.00688. The number of nitrogens with one attached hydrogen (secondary N) is 1. The fourth-order valence-corrected chi connectivity index (χ4v) is 5.00. The van der Waals surface area contributed by atoms with Crippen molar-refractivity contribution in [3.05, 3.63) is 78.5 Å². The Hall–Kier alpha value is -5.79. The molecule has 5 rings (SSSR count). The molecule has 4 aromatic rings. The van der Waals surface area contributed by atoms with E-state index in [4.69, 9.17) is 18.9 Å². The number of anilines is 2. The molecule has 0 bridgehead atoms. The third kappa shape index (κ3) is 7.27. The van der Waals surface area contributed by atoms with Gasteiger partial charge in [0.15, 0.2) is 23.1 Å². The Morgan fingerprint density at radius 2 is 1.60 bits per heavy atom. The summed E-state index contributed by atoms with van der Waals surface area (Å²) in [6.45, 7) is 3.92. The van der Waals surface area contributed by atoms with Crippen molar-refractivity contribution in [2.75, 3.05) is 37.5 Å². The number of imide groups is 1. The van der Waals surface area contributed by atoms with Crippen LogP contribution in [0.1, 0.15) is 20.8 Å². The molecule has 1 aliphatic heterocycles. The molecule has 0 radical (unpaired) electrons. The minimum Gasteiger partial charge on any atom is -0.493 e. The molecular formula is C34H32F2N4O8. The van der Waals surface area contributed by atoms with E-state index >= 15 is 4.39 Å². The van der Waals surface area contributed by atoms with E-state index in [1.165, 1.54) is 44.7 Å². The summed E-state index contributed by atoms with van der Waals surface area (Å²) < 4.78 is 50.8. The van der Waals surface area contributed by atoms with Crippen molar-refractivity contribution < 1.29 is 46.9 Å². The van der Waals surface area contributed by atoms with Crippen molar-refractivity contribution in [2.45, 2.75) is 26.4 Å². The van der Waals surface area contributed by atoms with Crippen LogP contribution < -0.4 is 24.4 Å². The number of pyridine rings is 1. The second-order valence-electron chi connectivity index (χ2n) is 11.7. The molecule has 48 heavy (non-hydrogen) atoms. The Kier molecular flexibility index (Phi) is 9.45. The molecule has 1 fully saturated rings. The summed E-state index contributed by atoms with van der Waals surface area (Å²) >= 11 is 0. The van der Waals surface area contributed by atoms with Crippen LogP contribution in [0.25, 0.3) is 10.9 Å². The van der Waals surface area contributed by atoms with Crippen LogP contribution in [0, 0.1) is 17.6 Å². The second-order valence-corrected chi connectivity index (χ2v) is 11.7. The number of ether oxygens (including phenoxy) is 4. The zero-order chi connectivity index (χ0) is 34.7. The van der Waals surface area contributed by atoms with E-state index in [1.807, 2.05) is 0 Å². The van der Waals surface area contributed by atoms with Crippen molar-refractivity contribution in [1.29, 1.82) is 0 Å². The van der Waals surface area contributed by atoms with Gasteiger partial charge in [0.2, 0.25) is 11.8 Å². The van der Waals surface area contributed by atoms with Crippen molar-refractivity contribution in [2.24, 2.45) is 5.92 Å². The monoisotopic (exact) mass is 662 g/mol. The van der Waals surface area contributed by atoms with Crippen LogP contribution in [0.4, 0.5) is 25.0 Å². The van der Waals surface area contributed by atoms with Crippen molar-refractivity contribution in [3.63, 3.8) is 0 Å². The lowest BCUT2D eigenvalue weighted by molar-refractivity contribution is -0.156. The van der Waals surface area contributed by atoms with Gasteiger partial charge >= 0.3 is 12.0 Å². The van der Waals surface area contributed by atoms with Crippen LogP contribution in [0.3, 0.4) is 0 Å². The molecule has 1 unspecified atom stereocenters. The SMILES string of the molecule is COc1cc2nccc(Oc3ccc(NC(=O)C4CN(CC(=O)OC(C)(C)C)C(=O)N(c5ccc(F)cc5)C4=O)cc3F)c2cc1OC. The van der Waals surface area contributed by atoms with Crippen LogP contribution in [-0.2, 0) is 19.1 Å². The number of aromatic nitrogens is 1. The van der Waals surface area contributed by atoms with E-state index in [0.29, 0.717) is 27.3 Å². The lowest BCUT2D eigenvalue weighted by atomic mass is 10.0. The van der Waals surface area contributed by atoms with Gasteiger partial charge < -0.3 is 29.2 Å². The highest BCUT2D eigenvalue weighted by atomic mass is 19.1. The molecule has 250 valence electrons. The highest BCUT2D eigenvalue weighted by Crippen LogP contribution is 2.37.